The maximum absolute atomic E-state index is 5.38. The molecule has 0 saturated heterocycles. The van der Waals surface area contributed by atoms with Crippen LogP contribution in [-0.4, -0.2) is 21.6 Å². The van der Waals surface area contributed by atoms with Crippen LogP contribution in [0.15, 0.2) is 30.6 Å². The molecule has 2 heterocycles. The summed E-state index contributed by atoms with van der Waals surface area (Å²) in [5.41, 5.74) is 1.15. The highest BCUT2D eigenvalue weighted by molar-refractivity contribution is 5.39. The molecule has 0 aliphatic heterocycles. The zero-order valence-corrected chi connectivity index (χ0v) is 10.6. The van der Waals surface area contributed by atoms with Gasteiger partial charge in [0.25, 0.3) is 0 Å². The molecule has 5 nitrogen and oxygen atoms in total. The van der Waals surface area contributed by atoms with E-state index in [-0.39, 0.29) is 0 Å². The first-order valence-electron chi connectivity index (χ1n) is 5.89. The Hall–Kier alpha value is -2.17. The van der Waals surface area contributed by atoms with Crippen molar-refractivity contribution < 1.29 is 4.74 Å². The number of ether oxygens (including phenoxy) is 1. The third-order valence-corrected chi connectivity index (χ3v) is 2.33. The summed E-state index contributed by atoms with van der Waals surface area (Å²) in [6.45, 7) is 5.08. The predicted octanol–water partition coefficient (Wildman–Crippen LogP) is 2.19. The quantitative estimate of drug-likeness (QED) is 0.873. The molecule has 94 valence electrons. The third kappa shape index (κ3) is 3.41. The average molecular weight is 244 g/mol. The van der Waals surface area contributed by atoms with Crippen molar-refractivity contribution in [2.75, 3.05) is 11.9 Å². The lowest BCUT2D eigenvalue weighted by molar-refractivity contribution is 0.325. The van der Waals surface area contributed by atoms with Crippen molar-refractivity contribution in [3.05, 3.63) is 42.0 Å². The third-order valence-electron chi connectivity index (χ3n) is 2.33. The molecule has 2 aromatic rings. The zero-order chi connectivity index (χ0) is 12.8. The normalized spacial score (nSPS) is 10.1. The van der Waals surface area contributed by atoms with Crippen molar-refractivity contribution in [1.82, 2.24) is 15.0 Å². The van der Waals surface area contributed by atoms with Crippen LogP contribution >= 0.6 is 0 Å². The van der Waals surface area contributed by atoms with Gasteiger partial charge in [-0.2, -0.15) is 4.98 Å². The Bertz CT molecular complexity index is 502. The first-order valence-corrected chi connectivity index (χ1v) is 5.89. The number of pyridine rings is 1. The molecule has 0 saturated carbocycles. The van der Waals surface area contributed by atoms with Gasteiger partial charge in [-0.3, -0.25) is 4.98 Å². The fourth-order valence-electron chi connectivity index (χ4n) is 1.55. The molecule has 0 aliphatic carbocycles. The van der Waals surface area contributed by atoms with Crippen LogP contribution in [0.1, 0.15) is 18.3 Å². The number of hydrogen-bond acceptors (Lipinski definition) is 5. The van der Waals surface area contributed by atoms with Gasteiger partial charge >= 0.3 is 0 Å². The Balaban J connectivity index is 2.05. The second kappa shape index (κ2) is 5.95. The minimum atomic E-state index is 0.597. The molecule has 5 heteroatoms. The Morgan fingerprint density at radius 3 is 2.72 bits per heavy atom. The smallest absolute Gasteiger partial charge is 0.218 e. The Morgan fingerprint density at radius 1 is 1.22 bits per heavy atom. The van der Waals surface area contributed by atoms with E-state index in [1.165, 1.54) is 0 Å². The highest BCUT2D eigenvalue weighted by Gasteiger charge is 2.02. The molecule has 0 aromatic carbocycles. The molecular formula is C13H16N4O. The molecule has 1 N–H and O–H groups in total. The fraction of sp³-hybridized carbons (Fsp3) is 0.308. The fourth-order valence-corrected chi connectivity index (χ4v) is 1.55. The number of anilines is 1. The van der Waals surface area contributed by atoms with Gasteiger partial charge in [-0.1, -0.05) is 0 Å². The summed E-state index contributed by atoms with van der Waals surface area (Å²) in [5, 5.41) is 3.24. The van der Waals surface area contributed by atoms with Gasteiger partial charge in [0.05, 0.1) is 6.61 Å². The maximum Gasteiger partial charge on any atom is 0.218 e. The van der Waals surface area contributed by atoms with Crippen LogP contribution in [-0.2, 0) is 6.54 Å². The summed E-state index contributed by atoms with van der Waals surface area (Å²) in [6, 6.07) is 5.73. The molecule has 2 aromatic heterocycles. The summed E-state index contributed by atoms with van der Waals surface area (Å²) < 4.78 is 5.38. The largest absolute Gasteiger partial charge is 0.478 e. The van der Waals surface area contributed by atoms with Crippen molar-refractivity contribution in [2.45, 2.75) is 20.4 Å². The molecule has 0 spiro atoms. The van der Waals surface area contributed by atoms with Crippen molar-refractivity contribution in [2.24, 2.45) is 0 Å². The van der Waals surface area contributed by atoms with Crippen molar-refractivity contribution in [3.8, 4) is 5.88 Å². The highest BCUT2D eigenvalue weighted by atomic mass is 16.5. The summed E-state index contributed by atoms with van der Waals surface area (Å²) in [4.78, 5) is 12.5. The van der Waals surface area contributed by atoms with Crippen molar-refractivity contribution >= 4 is 5.82 Å². The summed E-state index contributed by atoms with van der Waals surface area (Å²) in [5.74, 6) is 2.06. The van der Waals surface area contributed by atoms with E-state index in [0.29, 0.717) is 24.9 Å². The summed E-state index contributed by atoms with van der Waals surface area (Å²) >= 11 is 0. The van der Waals surface area contributed by atoms with Gasteiger partial charge in [-0.05, 0) is 31.5 Å². The molecule has 0 unspecified atom stereocenters. The zero-order valence-electron chi connectivity index (χ0n) is 10.6. The van der Waals surface area contributed by atoms with E-state index < -0.39 is 0 Å². The molecule has 0 amide bonds. The van der Waals surface area contributed by atoms with Gasteiger partial charge < -0.3 is 10.1 Å². The van der Waals surface area contributed by atoms with Gasteiger partial charge in [0, 0.05) is 25.0 Å². The Labute approximate surface area is 106 Å². The topological polar surface area (TPSA) is 59.9 Å². The second-order valence-corrected chi connectivity index (χ2v) is 3.78. The van der Waals surface area contributed by atoms with E-state index in [1.807, 2.05) is 26.0 Å². The maximum atomic E-state index is 5.38. The minimum Gasteiger partial charge on any atom is -0.478 e. The van der Waals surface area contributed by atoms with Gasteiger partial charge in [0.15, 0.2) is 0 Å². The van der Waals surface area contributed by atoms with Gasteiger partial charge in [0.1, 0.15) is 11.6 Å². The van der Waals surface area contributed by atoms with Crippen LogP contribution in [0, 0.1) is 6.92 Å². The second-order valence-electron chi connectivity index (χ2n) is 3.78. The van der Waals surface area contributed by atoms with E-state index >= 15 is 0 Å². The SMILES string of the molecule is CCOc1cc(NCc2ccncc2)nc(C)n1. The predicted molar refractivity (Wildman–Crippen MR) is 69.5 cm³/mol. The molecule has 18 heavy (non-hydrogen) atoms. The standard InChI is InChI=1S/C13H16N4O/c1-3-18-13-8-12(16-10(2)17-13)15-9-11-4-6-14-7-5-11/h4-8H,3,9H2,1-2H3,(H,15,16,17). The minimum absolute atomic E-state index is 0.597. The van der Waals surface area contributed by atoms with Gasteiger partial charge in [-0.25, -0.2) is 4.98 Å². The van der Waals surface area contributed by atoms with E-state index in [4.69, 9.17) is 4.74 Å². The summed E-state index contributed by atoms with van der Waals surface area (Å²) in [7, 11) is 0. The van der Waals surface area contributed by atoms with Gasteiger partial charge in [-0.15, -0.1) is 0 Å². The van der Waals surface area contributed by atoms with E-state index in [1.54, 1.807) is 18.5 Å². The molecule has 0 radical (unpaired) electrons. The van der Waals surface area contributed by atoms with Crippen LogP contribution in [0.25, 0.3) is 0 Å². The highest BCUT2D eigenvalue weighted by Crippen LogP contribution is 2.14. The number of rotatable bonds is 5. The molecule has 0 aliphatic rings. The lowest BCUT2D eigenvalue weighted by atomic mass is 10.3. The number of hydrogen-bond donors (Lipinski definition) is 1. The molecule has 0 fully saturated rings. The number of nitrogens with one attached hydrogen (secondary N) is 1. The first kappa shape index (κ1) is 12.3. The van der Waals surface area contributed by atoms with E-state index in [2.05, 4.69) is 20.3 Å². The molecule has 0 bridgehead atoms. The number of nitrogens with zero attached hydrogens (tertiary/aromatic N) is 3. The van der Waals surface area contributed by atoms with Crippen molar-refractivity contribution in [1.29, 1.82) is 0 Å². The van der Waals surface area contributed by atoms with E-state index in [9.17, 15) is 0 Å². The van der Waals surface area contributed by atoms with Gasteiger partial charge in [0.2, 0.25) is 5.88 Å². The number of aryl methyl sites for hydroxylation is 1. The van der Waals surface area contributed by atoms with Crippen LogP contribution in [0.2, 0.25) is 0 Å². The lowest BCUT2D eigenvalue weighted by Gasteiger charge is -2.08. The van der Waals surface area contributed by atoms with Crippen LogP contribution in [0.4, 0.5) is 5.82 Å². The van der Waals surface area contributed by atoms with Crippen LogP contribution in [0.5, 0.6) is 5.88 Å². The molecule has 0 atom stereocenters. The van der Waals surface area contributed by atoms with E-state index in [0.717, 1.165) is 11.4 Å². The average Bonchev–Trinajstić information content (AvgIpc) is 2.37. The lowest BCUT2D eigenvalue weighted by Crippen LogP contribution is -2.05. The van der Waals surface area contributed by atoms with Crippen LogP contribution < -0.4 is 10.1 Å². The van der Waals surface area contributed by atoms with Crippen molar-refractivity contribution in [3.63, 3.8) is 0 Å². The first-order chi connectivity index (χ1) is 8.78. The summed E-state index contributed by atoms with van der Waals surface area (Å²) in [6.07, 6.45) is 3.54. The Morgan fingerprint density at radius 2 is 2.00 bits per heavy atom. The monoisotopic (exact) mass is 244 g/mol. The number of aromatic nitrogens is 3. The Kier molecular flexibility index (Phi) is 4.06. The molecule has 2 rings (SSSR count). The van der Waals surface area contributed by atoms with Crippen LogP contribution in [0.3, 0.4) is 0 Å². The molecular weight excluding hydrogens is 228 g/mol.